The number of ether oxygens (including phenoxy) is 2. The van der Waals surface area contributed by atoms with E-state index in [0.717, 1.165) is 19.3 Å². The standard InChI is InChI=1S/C16H30O2.C12H22O2/c1-4-5-6-7-8-9-10-11-12-13-14-18-16(17)15(2)3;1-5-7-8-11(6-2)9-14-12(13)10(3)4/h2,4-14H2,1,3H3;11H,3,5-9H2,1-2,4H3. The molecule has 0 aliphatic heterocycles. The molecule has 0 saturated heterocycles. The molecule has 32 heavy (non-hydrogen) atoms. The Morgan fingerprint density at radius 3 is 1.53 bits per heavy atom. The second-order valence-electron chi connectivity index (χ2n) is 8.89. The summed E-state index contributed by atoms with van der Waals surface area (Å²) in [4.78, 5) is 22.2. The van der Waals surface area contributed by atoms with Gasteiger partial charge in [-0.25, -0.2) is 9.59 Å². The van der Waals surface area contributed by atoms with Gasteiger partial charge in [-0.05, 0) is 32.6 Å². The quantitative estimate of drug-likeness (QED) is 0.112. The summed E-state index contributed by atoms with van der Waals surface area (Å²) in [5.41, 5.74) is 0.970. The van der Waals surface area contributed by atoms with Crippen LogP contribution in [0.2, 0.25) is 0 Å². The van der Waals surface area contributed by atoms with Gasteiger partial charge in [0.25, 0.3) is 0 Å². The summed E-state index contributed by atoms with van der Waals surface area (Å²) in [7, 11) is 0. The maximum Gasteiger partial charge on any atom is 0.333 e. The van der Waals surface area contributed by atoms with Gasteiger partial charge in [-0.3, -0.25) is 0 Å². The van der Waals surface area contributed by atoms with Gasteiger partial charge in [0.1, 0.15) is 0 Å². The normalized spacial score (nSPS) is 11.2. The van der Waals surface area contributed by atoms with Crippen molar-refractivity contribution in [1.82, 2.24) is 0 Å². The predicted molar refractivity (Wildman–Crippen MR) is 137 cm³/mol. The zero-order valence-corrected chi connectivity index (χ0v) is 21.9. The summed E-state index contributed by atoms with van der Waals surface area (Å²) >= 11 is 0. The molecule has 0 fully saturated rings. The van der Waals surface area contributed by atoms with Crippen molar-refractivity contribution >= 4 is 11.9 Å². The van der Waals surface area contributed by atoms with E-state index in [9.17, 15) is 9.59 Å². The Labute approximate surface area is 199 Å². The lowest BCUT2D eigenvalue weighted by atomic mass is 10.0. The summed E-state index contributed by atoms with van der Waals surface area (Å²) in [5, 5.41) is 0. The van der Waals surface area contributed by atoms with Crippen molar-refractivity contribution in [2.24, 2.45) is 5.92 Å². The van der Waals surface area contributed by atoms with Crippen molar-refractivity contribution in [3.8, 4) is 0 Å². The Balaban J connectivity index is 0. The fraction of sp³-hybridized carbons (Fsp3) is 0.786. The average molecular weight is 453 g/mol. The smallest absolute Gasteiger partial charge is 0.333 e. The summed E-state index contributed by atoms with van der Waals surface area (Å²) in [6.45, 7) is 18.1. The molecular formula is C28H52O4. The highest BCUT2D eigenvalue weighted by molar-refractivity contribution is 5.87. The van der Waals surface area contributed by atoms with Crippen molar-refractivity contribution in [2.75, 3.05) is 13.2 Å². The molecule has 0 aromatic carbocycles. The van der Waals surface area contributed by atoms with Gasteiger partial charge in [0, 0.05) is 11.1 Å². The van der Waals surface area contributed by atoms with Gasteiger partial charge < -0.3 is 9.47 Å². The fourth-order valence-electron chi connectivity index (χ4n) is 3.09. The second kappa shape index (κ2) is 24.1. The lowest BCUT2D eigenvalue weighted by molar-refractivity contribution is -0.140. The van der Waals surface area contributed by atoms with Crippen molar-refractivity contribution in [3.05, 3.63) is 24.3 Å². The lowest BCUT2D eigenvalue weighted by Crippen LogP contribution is -2.14. The third kappa shape index (κ3) is 23.1. The number of hydrogen-bond acceptors (Lipinski definition) is 4. The van der Waals surface area contributed by atoms with Crippen LogP contribution in [0.25, 0.3) is 0 Å². The summed E-state index contributed by atoms with van der Waals surface area (Å²) in [6.07, 6.45) is 17.6. The van der Waals surface area contributed by atoms with Crippen LogP contribution in [0.4, 0.5) is 0 Å². The number of carbonyl (C=O) groups is 2. The van der Waals surface area contributed by atoms with E-state index >= 15 is 0 Å². The van der Waals surface area contributed by atoms with E-state index in [1.54, 1.807) is 13.8 Å². The van der Waals surface area contributed by atoms with Gasteiger partial charge in [-0.2, -0.15) is 0 Å². The minimum absolute atomic E-state index is 0.258. The molecular weight excluding hydrogens is 400 g/mol. The summed E-state index contributed by atoms with van der Waals surface area (Å²) in [6, 6.07) is 0. The van der Waals surface area contributed by atoms with Crippen LogP contribution in [0.1, 0.15) is 125 Å². The average Bonchev–Trinajstić information content (AvgIpc) is 2.77. The van der Waals surface area contributed by atoms with Crippen molar-refractivity contribution in [2.45, 2.75) is 125 Å². The topological polar surface area (TPSA) is 52.6 Å². The molecule has 188 valence electrons. The molecule has 0 N–H and O–H groups in total. The van der Waals surface area contributed by atoms with Crippen molar-refractivity contribution in [3.63, 3.8) is 0 Å². The highest BCUT2D eigenvalue weighted by atomic mass is 16.5. The molecule has 0 bridgehead atoms. The number of unbranched alkanes of at least 4 members (excludes halogenated alkanes) is 10. The first-order chi connectivity index (χ1) is 15.3. The maximum atomic E-state index is 11.1. The Bertz CT molecular complexity index is 496. The molecule has 0 aliphatic carbocycles. The predicted octanol–water partition coefficient (Wildman–Crippen LogP) is 8.35. The number of hydrogen-bond donors (Lipinski definition) is 0. The molecule has 1 unspecified atom stereocenters. The fourth-order valence-corrected chi connectivity index (χ4v) is 3.09. The van der Waals surface area contributed by atoms with E-state index in [1.807, 2.05) is 0 Å². The maximum absolute atomic E-state index is 11.1. The highest BCUT2D eigenvalue weighted by Crippen LogP contribution is 2.13. The zero-order valence-electron chi connectivity index (χ0n) is 21.9. The SMILES string of the molecule is C=C(C)C(=O)OCC(CC)CCCC.C=C(C)C(=O)OCCCCCCCCCCCC. The van der Waals surface area contributed by atoms with E-state index < -0.39 is 0 Å². The second-order valence-corrected chi connectivity index (χ2v) is 8.89. The van der Waals surface area contributed by atoms with Crippen molar-refractivity contribution in [1.29, 1.82) is 0 Å². The van der Waals surface area contributed by atoms with E-state index in [0.29, 0.717) is 30.3 Å². The van der Waals surface area contributed by atoms with E-state index in [4.69, 9.17) is 9.47 Å². The van der Waals surface area contributed by atoms with Gasteiger partial charge in [-0.1, -0.05) is 111 Å². The molecule has 0 radical (unpaired) electrons. The van der Waals surface area contributed by atoms with Gasteiger partial charge in [-0.15, -0.1) is 0 Å². The first kappa shape index (κ1) is 32.6. The van der Waals surface area contributed by atoms with Crippen LogP contribution in [0.5, 0.6) is 0 Å². The van der Waals surface area contributed by atoms with Gasteiger partial charge in [0.2, 0.25) is 0 Å². The third-order valence-corrected chi connectivity index (χ3v) is 5.42. The molecule has 4 heteroatoms. The Hall–Kier alpha value is -1.58. The third-order valence-electron chi connectivity index (χ3n) is 5.42. The summed E-state index contributed by atoms with van der Waals surface area (Å²) in [5.74, 6) is -0.0101. The van der Waals surface area contributed by atoms with Crippen LogP contribution in [0, 0.1) is 5.92 Å². The zero-order chi connectivity index (χ0) is 24.6. The molecule has 0 aliphatic rings. The number of esters is 2. The Morgan fingerprint density at radius 2 is 1.09 bits per heavy atom. The Morgan fingerprint density at radius 1 is 0.656 bits per heavy atom. The highest BCUT2D eigenvalue weighted by Gasteiger charge is 2.09. The first-order valence-corrected chi connectivity index (χ1v) is 12.9. The molecule has 4 nitrogen and oxygen atoms in total. The van der Waals surface area contributed by atoms with Crippen LogP contribution in [-0.2, 0) is 19.1 Å². The van der Waals surface area contributed by atoms with Gasteiger partial charge >= 0.3 is 11.9 Å². The molecule has 0 saturated carbocycles. The number of carbonyl (C=O) groups excluding carboxylic acids is 2. The molecule has 0 rings (SSSR count). The number of rotatable bonds is 19. The van der Waals surface area contributed by atoms with Crippen LogP contribution >= 0.6 is 0 Å². The van der Waals surface area contributed by atoms with Gasteiger partial charge in [0.15, 0.2) is 0 Å². The first-order valence-electron chi connectivity index (χ1n) is 12.9. The Kier molecular flexibility index (Phi) is 24.5. The van der Waals surface area contributed by atoms with Crippen LogP contribution < -0.4 is 0 Å². The van der Waals surface area contributed by atoms with E-state index in [-0.39, 0.29) is 11.9 Å². The van der Waals surface area contributed by atoms with Gasteiger partial charge in [0.05, 0.1) is 13.2 Å². The molecule has 1 atom stereocenters. The van der Waals surface area contributed by atoms with Crippen LogP contribution in [-0.4, -0.2) is 25.2 Å². The molecule has 0 heterocycles. The molecule has 0 aromatic heterocycles. The minimum atomic E-state index is -0.264. The van der Waals surface area contributed by atoms with Crippen LogP contribution in [0.15, 0.2) is 24.3 Å². The largest absolute Gasteiger partial charge is 0.462 e. The molecule has 0 aromatic rings. The van der Waals surface area contributed by atoms with Crippen LogP contribution in [0.3, 0.4) is 0 Å². The van der Waals surface area contributed by atoms with E-state index in [2.05, 4.69) is 33.9 Å². The molecule has 0 spiro atoms. The molecule has 0 amide bonds. The summed E-state index contributed by atoms with van der Waals surface area (Å²) < 4.78 is 10.2. The lowest BCUT2D eigenvalue weighted by Gasteiger charge is -2.14. The monoisotopic (exact) mass is 452 g/mol. The van der Waals surface area contributed by atoms with E-state index in [1.165, 1.54) is 70.6 Å². The minimum Gasteiger partial charge on any atom is -0.462 e. The van der Waals surface area contributed by atoms with Crippen molar-refractivity contribution < 1.29 is 19.1 Å².